The summed E-state index contributed by atoms with van der Waals surface area (Å²) in [6.45, 7) is 6.67. The van der Waals surface area contributed by atoms with Gasteiger partial charge in [0.25, 0.3) is 0 Å². The van der Waals surface area contributed by atoms with Crippen LogP contribution in [0, 0.1) is 12.3 Å². The van der Waals surface area contributed by atoms with Crippen molar-refractivity contribution in [3.05, 3.63) is 33.8 Å². The molecule has 0 atom stereocenters. The van der Waals surface area contributed by atoms with E-state index >= 15 is 0 Å². The van der Waals surface area contributed by atoms with Gasteiger partial charge in [0, 0.05) is 17.6 Å². The van der Waals surface area contributed by atoms with Crippen LogP contribution < -0.4 is 5.32 Å². The first-order chi connectivity index (χ1) is 8.09. The molecule has 0 spiro atoms. The lowest BCUT2D eigenvalue weighted by molar-refractivity contribution is 0.314. The molecule has 17 heavy (non-hydrogen) atoms. The second-order valence-corrected chi connectivity index (χ2v) is 6.56. The number of nitrogens with one attached hydrogen (secondary N) is 1. The van der Waals surface area contributed by atoms with Crippen molar-refractivity contribution in [3.8, 4) is 0 Å². The zero-order chi connectivity index (χ0) is 12.3. The molecule has 1 saturated carbocycles. The van der Waals surface area contributed by atoms with Gasteiger partial charge in [0.1, 0.15) is 0 Å². The zero-order valence-corrected chi connectivity index (χ0v) is 12.4. The van der Waals surface area contributed by atoms with E-state index in [9.17, 15) is 0 Å². The van der Waals surface area contributed by atoms with Crippen molar-refractivity contribution in [1.82, 2.24) is 5.32 Å². The van der Waals surface area contributed by atoms with Gasteiger partial charge >= 0.3 is 0 Å². The molecule has 0 amide bonds. The second-order valence-electron chi connectivity index (χ2n) is 5.70. The summed E-state index contributed by atoms with van der Waals surface area (Å²) < 4.78 is 1.21. The lowest BCUT2D eigenvalue weighted by atomic mass is 9.89. The van der Waals surface area contributed by atoms with E-state index in [1.165, 1.54) is 41.3 Å². The Kier molecular flexibility index (Phi) is 4.26. The molecule has 0 unspecified atom stereocenters. The summed E-state index contributed by atoms with van der Waals surface area (Å²) >= 11 is 3.59. The number of benzene rings is 1. The summed E-state index contributed by atoms with van der Waals surface area (Å²) in [6, 6.07) is 6.61. The Morgan fingerprint density at radius 3 is 2.65 bits per heavy atom. The molecule has 1 nitrogen and oxygen atoms in total. The molecule has 2 rings (SSSR count). The van der Waals surface area contributed by atoms with Crippen molar-refractivity contribution in [2.45, 2.75) is 46.1 Å². The van der Waals surface area contributed by atoms with Crippen molar-refractivity contribution < 1.29 is 0 Å². The van der Waals surface area contributed by atoms with Crippen LogP contribution in [-0.4, -0.2) is 6.54 Å². The third-order valence-corrected chi connectivity index (χ3v) is 4.78. The summed E-state index contributed by atoms with van der Waals surface area (Å²) in [6.07, 6.45) is 5.59. The minimum atomic E-state index is 0.544. The van der Waals surface area contributed by atoms with Crippen molar-refractivity contribution in [3.63, 3.8) is 0 Å². The molecular weight excluding hydrogens is 274 g/mol. The SMILES string of the molecule is Cc1ccc(CNCC2(C)CCCC2)cc1Br. The van der Waals surface area contributed by atoms with Gasteiger partial charge in [0.05, 0.1) is 0 Å². The van der Waals surface area contributed by atoms with Crippen LogP contribution in [0.1, 0.15) is 43.7 Å². The smallest absolute Gasteiger partial charge is 0.0207 e. The summed E-state index contributed by atoms with van der Waals surface area (Å²) in [4.78, 5) is 0. The monoisotopic (exact) mass is 295 g/mol. The summed E-state index contributed by atoms with van der Waals surface area (Å²) in [5.41, 5.74) is 3.21. The summed E-state index contributed by atoms with van der Waals surface area (Å²) in [7, 11) is 0. The van der Waals surface area contributed by atoms with Gasteiger partial charge < -0.3 is 5.32 Å². The van der Waals surface area contributed by atoms with Gasteiger partial charge in [0.2, 0.25) is 0 Å². The Morgan fingerprint density at radius 2 is 2.00 bits per heavy atom. The molecule has 0 radical (unpaired) electrons. The predicted molar refractivity (Wildman–Crippen MR) is 77.2 cm³/mol. The highest BCUT2D eigenvalue weighted by molar-refractivity contribution is 9.10. The minimum Gasteiger partial charge on any atom is -0.312 e. The van der Waals surface area contributed by atoms with Gasteiger partial charge in [-0.15, -0.1) is 0 Å². The minimum absolute atomic E-state index is 0.544. The third kappa shape index (κ3) is 3.56. The highest BCUT2D eigenvalue weighted by Crippen LogP contribution is 2.36. The van der Waals surface area contributed by atoms with Gasteiger partial charge in [-0.05, 0) is 42.4 Å². The molecular formula is C15H22BrN. The standard InChI is InChI=1S/C15H22BrN/c1-12-5-6-13(9-14(12)16)10-17-11-15(2)7-3-4-8-15/h5-6,9,17H,3-4,7-8,10-11H2,1-2H3. The van der Waals surface area contributed by atoms with E-state index in [2.05, 4.69) is 53.3 Å². The summed E-state index contributed by atoms with van der Waals surface area (Å²) in [5.74, 6) is 0. The topological polar surface area (TPSA) is 12.0 Å². The van der Waals surface area contributed by atoms with Crippen LogP contribution in [0.25, 0.3) is 0 Å². The molecule has 0 bridgehead atoms. The van der Waals surface area contributed by atoms with Crippen LogP contribution in [-0.2, 0) is 6.54 Å². The average molecular weight is 296 g/mol. The Labute approximate surface area is 113 Å². The van der Waals surface area contributed by atoms with Crippen LogP contribution in [0.2, 0.25) is 0 Å². The Hall–Kier alpha value is -0.340. The maximum Gasteiger partial charge on any atom is 0.0207 e. The number of aryl methyl sites for hydroxylation is 1. The first kappa shape index (κ1) is 13.1. The van der Waals surface area contributed by atoms with E-state index in [0.717, 1.165) is 13.1 Å². The first-order valence-corrected chi connectivity index (χ1v) is 7.34. The van der Waals surface area contributed by atoms with E-state index in [0.29, 0.717) is 5.41 Å². The highest BCUT2D eigenvalue weighted by Gasteiger charge is 2.27. The molecule has 0 heterocycles. The quantitative estimate of drug-likeness (QED) is 0.867. The lowest BCUT2D eigenvalue weighted by Gasteiger charge is -2.23. The second kappa shape index (κ2) is 5.53. The van der Waals surface area contributed by atoms with Gasteiger partial charge in [-0.25, -0.2) is 0 Å². The van der Waals surface area contributed by atoms with E-state index in [1.54, 1.807) is 0 Å². The van der Waals surface area contributed by atoms with E-state index < -0.39 is 0 Å². The molecule has 1 aliphatic carbocycles. The maximum absolute atomic E-state index is 3.61. The number of rotatable bonds is 4. The van der Waals surface area contributed by atoms with Crippen LogP contribution >= 0.6 is 15.9 Å². The molecule has 94 valence electrons. The van der Waals surface area contributed by atoms with Gasteiger partial charge in [-0.1, -0.05) is 47.8 Å². The molecule has 2 heteroatoms. The largest absolute Gasteiger partial charge is 0.312 e. The number of halogens is 1. The fourth-order valence-corrected chi connectivity index (χ4v) is 3.09. The van der Waals surface area contributed by atoms with E-state index in [-0.39, 0.29) is 0 Å². The predicted octanol–water partition coefficient (Wildman–Crippen LogP) is 4.43. The Balaban J connectivity index is 1.83. The van der Waals surface area contributed by atoms with Crippen molar-refractivity contribution in [2.24, 2.45) is 5.41 Å². The van der Waals surface area contributed by atoms with Crippen LogP contribution in [0.5, 0.6) is 0 Å². The molecule has 1 aliphatic rings. The van der Waals surface area contributed by atoms with E-state index in [1.807, 2.05) is 0 Å². The fraction of sp³-hybridized carbons (Fsp3) is 0.600. The van der Waals surface area contributed by atoms with Gasteiger partial charge in [-0.2, -0.15) is 0 Å². The Bertz CT molecular complexity index is 381. The maximum atomic E-state index is 3.61. The van der Waals surface area contributed by atoms with E-state index in [4.69, 9.17) is 0 Å². The average Bonchev–Trinajstić information content (AvgIpc) is 2.71. The molecule has 1 aromatic carbocycles. The molecule has 0 aliphatic heterocycles. The van der Waals surface area contributed by atoms with Gasteiger partial charge in [-0.3, -0.25) is 0 Å². The lowest BCUT2D eigenvalue weighted by Crippen LogP contribution is -2.29. The van der Waals surface area contributed by atoms with Crippen LogP contribution in [0.4, 0.5) is 0 Å². The molecule has 1 fully saturated rings. The van der Waals surface area contributed by atoms with Gasteiger partial charge in [0.15, 0.2) is 0 Å². The summed E-state index contributed by atoms with van der Waals surface area (Å²) in [5, 5.41) is 3.61. The first-order valence-electron chi connectivity index (χ1n) is 6.55. The third-order valence-electron chi connectivity index (χ3n) is 3.93. The number of hydrogen-bond donors (Lipinski definition) is 1. The molecule has 1 N–H and O–H groups in total. The van der Waals surface area contributed by atoms with Crippen molar-refractivity contribution in [2.75, 3.05) is 6.54 Å². The number of hydrogen-bond acceptors (Lipinski definition) is 1. The normalized spacial score (nSPS) is 18.5. The highest BCUT2D eigenvalue weighted by atomic mass is 79.9. The molecule has 1 aromatic rings. The van der Waals surface area contributed by atoms with Crippen molar-refractivity contribution in [1.29, 1.82) is 0 Å². The van der Waals surface area contributed by atoms with Crippen molar-refractivity contribution >= 4 is 15.9 Å². The van der Waals surface area contributed by atoms with Crippen LogP contribution in [0.3, 0.4) is 0 Å². The zero-order valence-electron chi connectivity index (χ0n) is 10.9. The fourth-order valence-electron chi connectivity index (χ4n) is 2.66. The molecule has 0 saturated heterocycles. The van der Waals surface area contributed by atoms with Crippen LogP contribution in [0.15, 0.2) is 22.7 Å². The Morgan fingerprint density at radius 1 is 1.29 bits per heavy atom. The molecule has 0 aromatic heterocycles.